The fraction of sp³-hybridized carbons (Fsp3) is 0.385. The van der Waals surface area contributed by atoms with E-state index in [-0.39, 0.29) is 11.3 Å². The normalized spacial score (nSPS) is 12.4. The quantitative estimate of drug-likeness (QED) is 0.805. The topological polar surface area (TPSA) is 78.3 Å². The highest BCUT2D eigenvalue weighted by Crippen LogP contribution is 2.27. The van der Waals surface area contributed by atoms with E-state index in [0.717, 1.165) is 11.3 Å². The van der Waals surface area contributed by atoms with Crippen molar-refractivity contribution in [1.29, 1.82) is 0 Å². The van der Waals surface area contributed by atoms with Gasteiger partial charge in [-0.2, -0.15) is 0 Å². The van der Waals surface area contributed by atoms with Gasteiger partial charge in [0.05, 0.1) is 24.9 Å². The number of ether oxygens (including phenoxy) is 1. The maximum absolute atomic E-state index is 12.4. The number of esters is 1. The molecule has 0 saturated heterocycles. The maximum atomic E-state index is 12.4. The van der Waals surface area contributed by atoms with Crippen LogP contribution in [0.1, 0.15) is 35.1 Å². The highest BCUT2D eigenvalue weighted by Gasteiger charge is 2.21. The molecule has 2 heterocycles. The SMILES string of the molecule is COC(=O)c1sc2ncn(C(C)C(C)=O)c(=O)c2c1C. The van der Waals surface area contributed by atoms with Gasteiger partial charge >= 0.3 is 5.97 Å². The number of carbonyl (C=O) groups is 2. The third kappa shape index (κ3) is 2.14. The number of rotatable bonds is 3. The number of ketones is 1. The molecule has 7 heteroatoms. The first-order valence-electron chi connectivity index (χ1n) is 5.97. The van der Waals surface area contributed by atoms with Crippen molar-refractivity contribution in [2.24, 2.45) is 0 Å². The highest BCUT2D eigenvalue weighted by molar-refractivity contribution is 7.20. The van der Waals surface area contributed by atoms with Crippen LogP contribution in [-0.2, 0) is 9.53 Å². The molecule has 6 nitrogen and oxygen atoms in total. The molecule has 0 N–H and O–H groups in total. The highest BCUT2D eigenvalue weighted by atomic mass is 32.1. The number of hydrogen-bond donors (Lipinski definition) is 0. The van der Waals surface area contributed by atoms with E-state index in [2.05, 4.69) is 9.72 Å². The number of nitrogens with zero attached hydrogens (tertiary/aromatic N) is 2. The molecule has 1 atom stereocenters. The van der Waals surface area contributed by atoms with E-state index < -0.39 is 12.0 Å². The van der Waals surface area contributed by atoms with Crippen LogP contribution in [0.2, 0.25) is 0 Å². The predicted octanol–water partition coefficient (Wildman–Crippen LogP) is 1.70. The maximum Gasteiger partial charge on any atom is 0.348 e. The summed E-state index contributed by atoms with van der Waals surface area (Å²) >= 11 is 1.12. The lowest BCUT2D eigenvalue weighted by Crippen LogP contribution is -2.27. The summed E-state index contributed by atoms with van der Waals surface area (Å²) in [6, 6.07) is -0.583. The van der Waals surface area contributed by atoms with Crippen LogP contribution in [0.25, 0.3) is 10.2 Å². The number of aromatic nitrogens is 2. The molecule has 2 rings (SSSR count). The van der Waals surface area contributed by atoms with Crippen LogP contribution in [0.3, 0.4) is 0 Å². The van der Waals surface area contributed by atoms with E-state index in [0.29, 0.717) is 20.7 Å². The fourth-order valence-electron chi connectivity index (χ4n) is 1.90. The first kappa shape index (κ1) is 14.4. The van der Waals surface area contributed by atoms with Gasteiger partial charge in [0, 0.05) is 0 Å². The second-order valence-electron chi connectivity index (χ2n) is 4.47. The molecular weight excluding hydrogens is 280 g/mol. The molecule has 0 aliphatic carbocycles. The Labute approximate surface area is 119 Å². The first-order valence-corrected chi connectivity index (χ1v) is 6.79. The number of carbonyl (C=O) groups excluding carboxylic acids is 2. The Morgan fingerprint density at radius 1 is 1.45 bits per heavy atom. The van der Waals surface area contributed by atoms with Gasteiger partial charge in [0.2, 0.25) is 0 Å². The van der Waals surface area contributed by atoms with Gasteiger partial charge in [0.1, 0.15) is 9.71 Å². The second kappa shape index (κ2) is 5.16. The summed E-state index contributed by atoms with van der Waals surface area (Å²) in [5.41, 5.74) is 0.223. The summed E-state index contributed by atoms with van der Waals surface area (Å²) in [6.07, 6.45) is 1.34. The zero-order valence-electron chi connectivity index (χ0n) is 11.6. The number of aryl methyl sites for hydroxylation is 1. The summed E-state index contributed by atoms with van der Waals surface area (Å²) < 4.78 is 5.97. The van der Waals surface area contributed by atoms with Gasteiger partial charge in [-0.25, -0.2) is 9.78 Å². The third-order valence-electron chi connectivity index (χ3n) is 3.25. The summed E-state index contributed by atoms with van der Waals surface area (Å²) in [7, 11) is 1.29. The molecular formula is C13H14N2O4S. The largest absolute Gasteiger partial charge is 0.465 e. The Bertz CT molecular complexity index is 760. The third-order valence-corrected chi connectivity index (χ3v) is 4.43. The first-order chi connectivity index (χ1) is 9.38. The standard InChI is InChI=1S/C13H14N2O4S/c1-6-9-11(20-10(6)13(18)19-4)14-5-15(12(9)17)7(2)8(3)16/h5,7H,1-4H3. The molecule has 0 aliphatic rings. The molecule has 0 radical (unpaired) electrons. The zero-order chi connectivity index (χ0) is 15.0. The molecule has 2 aromatic rings. The van der Waals surface area contributed by atoms with Gasteiger partial charge in [0.15, 0.2) is 5.78 Å². The lowest BCUT2D eigenvalue weighted by atomic mass is 10.2. The summed E-state index contributed by atoms with van der Waals surface area (Å²) in [5, 5.41) is 0.367. The van der Waals surface area contributed by atoms with Crippen LogP contribution < -0.4 is 5.56 Å². The number of thiophene rings is 1. The zero-order valence-corrected chi connectivity index (χ0v) is 12.4. The van der Waals surface area contributed by atoms with Gasteiger partial charge in [-0.3, -0.25) is 14.2 Å². The van der Waals surface area contributed by atoms with Crippen LogP contribution in [0.15, 0.2) is 11.1 Å². The van der Waals surface area contributed by atoms with Crippen molar-refractivity contribution >= 4 is 33.3 Å². The van der Waals surface area contributed by atoms with Gasteiger partial charge in [0.25, 0.3) is 5.56 Å². The molecule has 0 spiro atoms. The minimum absolute atomic E-state index is 0.130. The number of fused-ring (bicyclic) bond motifs is 1. The van der Waals surface area contributed by atoms with E-state index in [9.17, 15) is 14.4 Å². The van der Waals surface area contributed by atoms with Crippen LogP contribution in [0.4, 0.5) is 0 Å². The van der Waals surface area contributed by atoms with Crippen LogP contribution in [0.5, 0.6) is 0 Å². The Morgan fingerprint density at radius 2 is 2.10 bits per heavy atom. The van der Waals surface area contributed by atoms with E-state index in [1.165, 1.54) is 24.9 Å². The predicted molar refractivity (Wildman–Crippen MR) is 75.3 cm³/mol. The van der Waals surface area contributed by atoms with E-state index in [1.54, 1.807) is 13.8 Å². The van der Waals surface area contributed by atoms with Crippen molar-refractivity contribution in [3.63, 3.8) is 0 Å². The van der Waals surface area contributed by atoms with Gasteiger partial charge in [-0.1, -0.05) is 0 Å². The average molecular weight is 294 g/mol. The number of methoxy groups -OCH3 is 1. The van der Waals surface area contributed by atoms with Crippen molar-refractivity contribution in [3.05, 3.63) is 27.1 Å². The molecule has 106 valence electrons. The second-order valence-corrected chi connectivity index (χ2v) is 5.47. The van der Waals surface area contributed by atoms with Crippen LogP contribution >= 0.6 is 11.3 Å². The fourth-order valence-corrected chi connectivity index (χ4v) is 2.95. The van der Waals surface area contributed by atoms with Crippen LogP contribution in [0, 0.1) is 6.92 Å². The molecule has 0 amide bonds. The Hall–Kier alpha value is -2.02. The minimum Gasteiger partial charge on any atom is -0.465 e. The molecule has 0 bridgehead atoms. The number of hydrogen-bond acceptors (Lipinski definition) is 6. The van der Waals surface area contributed by atoms with Crippen molar-refractivity contribution in [1.82, 2.24) is 9.55 Å². The molecule has 1 unspecified atom stereocenters. The molecule has 0 aromatic carbocycles. The Kier molecular flexibility index (Phi) is 3.71. The average Bonchev–Trinajstić information content (AvgIpc) is 2.75. The lowest BCUT2D eigenvalue weighted by molar-refractivity contribution is -0.119. The van der Waals surface area contributed by atoms with Crippen LogP contribution in [-0.4, -0.2) is 28.4 Å². The number of Topliss-reactive ketones (excluding diaryl/α,β-unsaturated/α-hetero) is 1. The van der Waals surface area contributed by atoms with Crippen molar-refractivity contribution in [2.45, 2.75) is 26.8 Å². The van der Waals surface area contributed by atoms with E-state index in [4.69, 9.17) is 0 Å². The summed E-state index contributed by atoms with van der Waals surface area (Å²) in [6.45, 7) is 4.73. The van der Waals surface area contributed by atoms with Gasteiger partial charge in [-0.05, 0) is 26.3 Å². The van der Waals surface area contributed by atoms with Crippen molar-refractivity contribution in [3.8, 4) is 0 Å². The summed E-state index contributed by atoms with van der Waals surface area (Å²) in [5.74, 6) is -0.620. The minimum atomic E-state index is -0.583. The van der Waals surface area contributed by atoms with E-state index >= 15 is 0 Å². The molecule has 20 heavy (non-hydrogen) atoms. The van der Waals surface area contributed by atoms with E-state index in [1.807, 2.05) is 0 Å². The smallest absolute Gasteiger partial charge is 0.348 e. The summed E-state index contributed by atoms with van der Waals surface area (Å²) in [4.78, 5) is 40.5. The molecule has 0 aliphatic heterocycles. The van der Waals surface area contributed by atoms with Gasteiger partial charge < -0.3 is 4.74 Å². The molecule has 0 saturated carbocycles. The van der Waals surface area contributed by atoms with Gasteiger partial charge in [-0.15, -0.1) is 11.3 Å². The van der Waals surface area contributed by atoms with Crippen molar-refractivity contribution < 1.29 is 14.3 Å². The lowest BCUT2D eigenvalue weighted by Gasteiger charge is -2.10. The molecule has 2 aromatic heterocycles. The monoisotopic (exact) mass is 294 g/mol. The molecule has 0 fully saturated rings. The van der Waals surface area contributed by atoms with Crippen molar-refractivity contribution in [2.75, 3.05) is 7.11 Å². The Balaban J connectivity index is 2.74. The Morgan fingerprint density at radius 3 is 2.65 bits per heavy atom.